The Balaban J connectivity index is 1.56. The Morgan fingerprint density at radius 2 is 2.17 bits per heavy atom. The van der Waals surface area contributed by atoms with Crippen LogP contribution < -0.4 is 5.32 Å². The zero-order valence-electron chi connectivity index (χ0n) is 13.5. The number of benzene rings is 1. The van der Waals surface area contributed by atoms with Crippen LogP contribution in [0.2, 0.25) is 0 Å². The lowest BCUT2D eigenvalue weighted by atomic mass is 10.0. The van der Waals surface area contributed by atoms with Crippen molar-refractivity contribution in [1.29, 1.82) is 5.26 Å². The van der Waals surface area contributed by atoms with Crippen LogP contribution in [0.25, 0.3) is 0 Å². The van der Waals surface area contributed by atoms with Crippen molar-refractivity contribution in [3.8, 4) is 6.07 Å². The lowest BCUT2D eigenvalue weighted by molar-refractivity contribution is 0.0900. The average molecular weight is 320 g/mol. The Hall–Kier alpha value is -2.71. The number of carbonyl (C=O) groups is 1. The maximum absolute atomic E-state index is 12.2. The van der Waals surface area contributed by atoms with Gasteiger partial charge in [0.25, 0.3) is 5.91 Å². The van der Waals surface area contributed by atoms with Gasteiger partial charge in [0.15, 0.2) is 0 Å². The quantitative estimate of drug-likeness (QED) is 0.939. The molecular weight excluding hydrogens is 300 g/mol. The van der Waals surface area contributed by atoms with E-state index in [0.717, 1.165) is 32.5 Å². The molecule has 0 aliphatic carbocycles. The second-order valence-electron chi connectivity index (χ2n) is 6.10. The standard InChI is InChI=1S/C19H20N4O/c20-11-15-5-7-16(8-6-15)13-23-10-2-4-18(14-23)22-19(24)17-3-1-9-21-12-17/h1,3,5-9,12,18H,2,4,10,13-14H2,(H,22,24). The van der Waals surface area contributed by atoms with Crippen molar-refractivity contribution in [2.45, 2.75) is 25.4 Å². The number of hydrogen-bond donors (Lipinski definition) is 1. The van der Waals surface area contributed by atoms with Gasteiger partial charge in [0, 0.05) is 31.5 Å². The first-order valence-corrected chi connectivity index (χ1v) is 8.17. The van der Waals surface area contributed by atoms with Crippen molar-refractivity contribution in [2.75, 3.05) is 13.1 Å². The summed E-state index contributed by atoms with van der Waals surface area (Å²) in [6, 6.07) is 13.5. The molecule has 2 heterocycles. The van der Waals surface area contributed by atoms with Crippen molar-refractivity contribution in [1.82, 2.24) is 15.2 Å². The summed E-state index contributed by atoms with van der Waals surface area (Å²) in [5, 5.41) is 12.0. The molecule has 3 rings (SSSR count). The van der Waals surface area contributed by atoms with E-state index in [9.17, 15) is 4.79 Å². The Morgan fingerprint density at radius 3 is 2.88 bits per heavy atom. The van der Waals surface area contributed by atoms with E-state index in [-0.39, 0.29) is 11.9 Å². The van der Waals surface area contributed by atoms with Crippen LogP contribution in [0, 0.1) is 11.3 Å². The van der Waals surface area contributed by atoms with E-state index in [1.54, 1.807) is 24.5 Å². The highest BCUT2D eigenvalue weighted by Gasteiger charge is 2.21. The van der Waals surface area contributed by atoms with Crippen molar-refractivity contribution >= 4 is 5.91 Å². The third-order valence-electron chi connectivity index (χ3n) is 4.25. The number of nitriles is 1. The highest BCUT2D eigenvalue weighted by molar-refractivity contribution is 5.94. The topological polar surface area (TPSA) is 69.0 Å². The first kappa shape index (κ1) is 16.2. The second-order valence-corrected chi connectivity index (χ2v) is 6.10. The lowest BCUT2D eigenvalue weighted by Gasteiger charge is -2.33. The molecule has 1 amide bonds. The van der Waals surface area contributed by atoms with Crippen molar-refractivity contribution in [2.24, 2.45) is 0 Å². The van der Waals surface area contributed by atoms with Gasteiger partial charge in [-0.05, 0) is 49.2 Å². The molecule has 0 bridgehead atoms. The van der Waals surface area contributed by atoms with Crippen LogP contribution in [0.5, 0.6) is 0 Å². The third-order valence-corrected chi connectivity index (χ3v) is 4.25. The molecule has 1 aromatic carbocycles. The Morgan fingerprint density at radius 1 is 1.33 bits per heavy atom. The van der Waals surface area contributed by atoms with Crippen molar-refractivity contribution < 1.29 is 4.79 Å². The number of amides is 1. The number of rotatable bonds is 4. The Labute approximate surface area is 141 Å². The normalized spacial score (nSPS) is 17.9. The Bertz CT molecular complexity index is 721. The van der Waals surface area contributed by atoms with E-state index in [1.807, 2.05) is 24.3 Å². The highest BCUT2D eigenvalue weighted by Crippen LogP contribution is 2.15. The molecule has 5 nitrogen and oxygen atoms in total. The summed E-state index contributed by atoms with van der Waals surface area (Å²) in [6.07, 6.45) is 5.31. The summed E-state index contributed by atoms with van der Waals surface area (Å²) in [4.78, 5) is 18.6. The maximum atomic E-state index is 12.2. The van der Waals surface area contributed by atoms with Gasteiger partial charge in [-0.1, -0.05) is 12.1 Å². The van der Waals surface area contributed by atoms with Gasteiger partial charge in [-0.25, -0.2) is 0 Å². The summed E-state index contributed by atoms with van der Waals surface area (Å²) in [6.45, 7) is 2.70. The zero-order chi connectivity index (χ0) is 16.8. The van der Waals surface area contributed by atoms with Crippen LogP contribution in [0.4, 0.5) is 0 Å². The second kappa shape index (κ2) is 7.71. The average Bonchev–Trinajstić information content (AvgIpc) is 2.63. The number of aromatic nitrogens is 1. The number of hydrogen-bond acceptors (Lipinski definition) is 4. The molecule has 122 valence electrons. The minimum Gasteiger partial charge on any atom is -0.348 e. The molecule has 2 aromatic rings. The first-order chi connectivity index (χ1) is 11.7. The molecule has 24 heavy (non-hydrogen) atoms. The molecule has 5 heteroatoms. The summed E-state index contributed by atoms with van der Waals surface area (Å²) in [7, 11) is 0. The molecule has 1 saturated heterocycles. The SMILES string of the molecule is N#Cc1ccc(CN2CCCC(NC(=O)c3cccnc3)C2)cc1. The van der Waals surface area contributed by atoms with Gasteiger partial charge in [-0.2, -0.15) is 5.26 Å². The molecule has 1 aliphatic rings. The van der Waals surface area contributed by atoms with E-state index < -0.39 is 0 Å². The predicted octanol–water partition coefficient (Wildman–Crippen LogP) is 2.35. The van der Waals surface area contributed by atoms with Gasteiger partial charge in [-0.15, -0.1) is 0 Å². The number of nitrogens with one attached hydrogen (secondary N) is 1. The fourth-order valence-electron chi connectivity index (χ4n) is 3.03. The maximum Gasteiger partial charge on any atom is 0.253 e. The molecule has 1 fully saturated rings. The van der Waals surface area contributed by atoms with Crippen molar-refractivity contribution in [3.05, 3.63) is 65.5 Å². The third kappa shape index (κ3) is 4.18. The van der Waals surface area contributed by atoms with Gasteiger partial charge in [0.1, 0.15) is 0 Å². The smallest absolute Gasteiger partial charge is 0.253 e. The summed E-state index contributed by atoms with van der Waals surface area (Å²) in [5.41, 5.74) is 2.47. The van der Waals surface area contributed by atoms with Crippen molar-refractivity contribution in [3.63, 3.8) is 0 Å². The van der Waals surface area contributed by atoms with E-state index in [2.05, 4.69) is 21.3 Å². The van der Waals surface area contributed by atoms with Crippen LogP contribution in [0.3, 0.4) is 0 Å². The van der Waals surface area contributed by atoms with E-state index in [4.69, 9.17) is 5.26 Å². The minimum absolute atomic E-state index is 0.0617. The monoisotopic (exact) mass is 320 g/mol. The van der Waals surface area contributed by atoms with E-state index in [0.29, 0.717) is 11.1 Å². The number of pyridine rings is 1. The van der Waals surface area contributed by atoms with Crippen LogP contribution >= 0.6 is 0 Å². The molecule has 0 radical (unpaired) electrons. The van der Waals surface area contributed by atoms with Crippen LogP contribution in [-0.4, -0.2) is 34.9 Å². The van der Waals surface area contributed by atoms with Gasteiger partial charge in [0.05, 0.1) is 17.2 Å². The van der Waals surface area contributed by atoms with E-state index in [1.165, 1.54) is 5.56 Å². The first-order valence-electron chi connectivity index (χ1n) is 8.17. The zero-order valence-corrected chi connectivity index (χ0v) is 13.5. The summed E-state index contributed by atoms with van der Waals surface area (Å²) < 4.78 is 0. The number of likely N-dealkylation sites (tertiary alicyclic amines) is 1. The number of piperidine rings is 1. The van der Waals surface area contributed by atoms with Gasteiger partial charge < -0.3 is 5.32 Å². The molecule has 1 atom stereocenters. The fraction of sp³-hybridized carbons (Fsp3) is 0.316. The van der Waals surface area contributed by atoms with Gasteiger partial charge in [-0.3, -0.25) is 14.7 Å². The molecule has 1 aliphatic heterocycles. The summed E-state index contributed by atoms with van der Waals surface area (Å²) >= 11 is 0. The van der Waals surface area contributed by atoms with Crippen LogP contribution in [0.1, 0.15) is 34.3 Å². The molecule has 0 spiro atoms. The van der Waals surface area contributed by atoms with E-state index >= 15 is 0 Å². The largest absolute Gasteiger partial charge is 0.348 e. The lowest BCUT2D eigenvalue weighted by Crippen LogP contribution is -2.47. The molecule has 1 N–H and O–H groups in total. The van der Waals surface area contributed by atoms with Crippen LogP contribution in [0.15, 0.2) is 48.8 Å². The molecule has 0 saturated carbocycles. The number of nitrogens with zero attached hydrogens (tertiary/aromatic N) is 3. The Kier molecular flexibility index (Phi) is 5.19. The van der Waals surface area contributed by atoms with Crippen LogP contribution in [-0.2, 0) is 6.54 Å². The predicted molar refractivity (Wildman–Crippen MR) is 91.2 cm³/mol. The van der Waals surface area contributed by atoms with Gasteiger partial charge >= 0.3 is 0 Å². The molecule has 1 unspecified atom stereocenters. The minimum atomic E-state index is -0.0617. The highest BCUT2D eigenvalue weighted by atomic mass is 16.1. The molecular formula is C19H20N4O. The fourth-order valence-corrected chi connectivity index (χ4v) is 3.03. The molecule has 1 aromatic heterocycles. The van der Waals surface area contributed by atoms with Gasteiger partial charge in [0.2, 0.25) is 0 Å². The number of carbonyl (C=O) groups excluding carboxylic acids is 1. The summed E-state index contributed by atoms with van der Waals surface area (Å²) in [5.74, 6) is -0.0617.